The third-order valence-electron chi connectivity index (χ3n) is 3.93. The monoisotopic (exact) mass is 254 g/mol. The summed E-state index contributed by atoms with van der Waals surface area (Å²) in [6.07, 6.45) is 7.19. The maximum Gasteiger partial charge on any atom is 0.204 e. The summed E-state index contributed by atoms with van der Waals surface area (Å²) in [6, 6.07) is 10.2. The highest BCUT2D eigenvalue weighted by Crippen LogP contribution is 2.32. The standard InChI is InChI=1S/C16H18N2O/c17-15-11-18(9-8-16(15)19)10-13-6-3-5-12-4-1-2-7-14(12)13/h1-2,4,7-9,11,13H,3,5-6,10,17H2. The lowest BCUT2D eigenvalue weighted by molar-refractivity contribution is 0.482. The molecule has 3 nitrogen and oxygen atoms in total. The van der Waals surface area contributed by atoms with Gasteiger partial charge in [-0.2, -0.15) is 0 Å². The van der Waals surface area contributed by atoms with E-state index in [1.165, 1.54) is 30.4 Å². The average molecular weight is 254 g/mol. The molecule has 2 aromatic rings. The Hall–Kier alpha value is -2.03. The van der Waals surface area contributed by atoms with E-state index in [4.69, 9.17) is 5.73 Å². The van der Waals surface area contributed by atoms with E-state index in [2.05, 4.69) is 24.3 Å². The number of pyridine rings is 1. The van der Waals surface area contributed by atoms with E-state index in [1.54, 1.807) is 12.3 Å². The molecule has 0 spiro atoms. The van der Waals surface area contributed by atoms with Crippen LogP contribution < -0.4 is 11.2 Å². The Morgan fingerprint density at radius 3 is 2.95 bits per heavy atom. The molecule has 19 heavy (non-hydrogen) atoms. The van der Waals surface area contributed by atoms with Gasteiger partial charge in [0.1, 0.15) is 0 Å². The van der Waals surface area contributed by atoms with Crippen LogP contribution in [0.15, 0.2) is 47.5 Å². The lowest BCUT2D eigenvalue weighted by Gasteiger charge is -2.26. The second-order valence-electron chi connectivity index (χ2n) is 5.25. The van der Waals surface area contributed by atoms with Crippen LogP contribution in [0.3, 0.4) is 0 Å². The van der Waals surface area contributed by atoms with Crippen LogP contribution in [0.2, 0.25) is 0 Å². The molecule has 1 heterocycles. The molecule has 98 valence electrons. The molecule has 0 radical (unpaired) electrons. The molecule has 0 bridgehead atoms. The number of hydrogen-bond acceptors (Lipinski definition) is 2. The zero-order chi connectivity index (χ0) is 13.2. The number of nitrogen functional groups attached to an aromatic ring is 1. The number of nitrogens with zero attached hydrogens (tertiary/aromatic N) is 1. The highest BCUT2D eigenvalue weighted by atomic mass is 16.1. The average Bonchev–Trinajstić information content (AvgIpc) is 2.43. The van der Waals surface area contributed by atoms with E-state index in [-0.39, 0.29) is 5.43 Å². The maximum absolute atomic E-state index is 11.3. The summed E-state index contributed by atoms with van der Waals surface area (Å²) in [5.74, 6) is 0.520. The van der Waals surface area contributed by atoms with Gasteiger partial charge in [0.15, 0.2) is 0 Å². The van der Waals surface area contributed by atoms with Crippen molar-refractivity contribution in [3.05, 3.63) is 64.1 Å². The van der Waals surface area contributed by atoms with Gasteiger partial charge in [0.25, 0.3) is 0 Å². The molecule has 1 aliphatic rings. The van der Waals surface area contributed by atoms with Crippen molar-refractivity contribution < 1.29 is 0 Å². The first-order valence-corrected chi connectivity index (χ1v) is 6.77. The number of hydrogen-bond donors (Lipinski definition) is 1. The Labute approximate surface area is 112 Å². The zero-order valence-electron chi connectivity index (χ0n) is 10.9. The molecule has 3 heteroatoms. The number of benzene rings is 1. The molecule has 3 rings (SSSR count). The number of fused-ring (bicyclic) bond motifs is 1. The lowest BCUT2D eigenvalue weighted by atomic mass is 9.83. The molecule has 0 saturated carbocycles. The van der Waals surface area contributed by atoms with Gasteiger partial charge in [-0.1, -0.05) is 24.3 Å². The maximum atomic E-state index is 11.3. The summed E-state index contributed by atoms with van der Waals surface area (Å²) in [6.45, 7) is 0.890. The van der Waals surface area contributed by atoms with Crippen molar-refractivity contribution in [3.63, 3.8) is 0 Å². The molecule has 0 amide bonds. The number of aryl methyl sites for hydroxylation is 1. The predicted octanol–water partition coefficient (Wildman–Crippen LogP) is 2.55. The van der Waals surface area contributed by atoms with Gasteiger partial charge in [-0.15, -0.1) is 0 Å². The van der Waals surface area contributed by atoms with Crippen LogP contribution in [0.5, 0.6) is 0 Å². The smallest absolute Gasteiger partial charge is 0.204 e. The van der Waals surface area contributed by atoms with Crippen molar-refractivity contribution in [2.75, 3.05) is 5.73 Å². The van der Waals surface area contributed by atoms with Crippen LogP contribution in [0.25, 0.3) is 0 Å². The van der Waals surface area contributed by atoms with Gasteiger partial charge < -0.3 is 10.3 Å². The first-order chi connectivity index (χ1) is 9.24. The highest BCUT2D eigenvalue weighted by molar-refractivity contribution is 5.35. The first kappa shape index (κ1) is 12.0. The third kappa shape index (κ3) is 2.41. The van der Waals surface area contributed by atoms with Crippen molar-refractivity contribution in [3.8, 4) is 0 Å². The molecular weight excluding hydrogens is 236 g/mol. The minimum Gasteiger partial charge on any atom is -0.394 e. The number of aromatic nitrogens is 1. The Balaban J connectivity index is 1.88. The Morgan fingerprint density at radius 1 is 1.26 bits per heavy atom. The summed E-state index contributed by atoms with van der Waals surface area (Å²) in [7, 11) is 0. The Kier molecular flexibility index (Phi) is 3.11. The fourth-order valence-corrected chi connectivity index (χ4v) is 2.96. The SMILES string of the molecule is Nc1cn(CC2CCCc3ccccc32)ccc1=O. The van der Waals surface area contributed by atoms with Gasteiger partial charge in [0, 0.05) is 30.9 Å². The summed E-state index contributed by atoms with van der Waals surface area (Å²) in [4.78, 5) is 11.3. The Morgan fingerprint density at radius 2 is 2.11 bits per heavy atom. The van der Waals surface area contributed by atoms with Gasteiger partial charge in [0.05, 0.1) is 5.69 Å². The second kappa shape index (κ2) is 4.92. The van der Waals surface area contributed by atoms with Crippen LogP contribution in [0.4, 0.5) is 5.69 Å². The van der Waals surface area contributed by atoms with E-state index in [9.17, 15) is 4.79 Å². The molecule has 2 N–H and O–H groups in total. The quantitative estimate of drug-likeness (QED) is 0.895. The van der Waals surface area contributed by atoms with Crippen molar-refractivity contribution >= 4 is 5.69 Å². The van der Waals surface area contributed by atoms with Gasteiger partial charge in [-0.25, -0.2) is 0 Å². The van der Waals surface area contributed by atoms with Crippen LogP contribution in [0, 0.1) is 0 Å². The van der Waals surface area contributed by atoms with Gasteiger partial charge in [-0.05, 0) is 30.4 Å². The summed E-state index contributed by atoms with van der Waals surface area (Å²) >= 11 is 0. The molecule has 0 fully saturated rings. The van der Waals surface area contributed by atoms with Crippen molar-refractivity contribution in [1.82, 2.24) is 4.57 Å². The normalized spacial score (nSPS) is 18.0. The summed E-state index contributed by atoms with van der Waals surface area (Å²) in [5, 5.41) is 0. The van der Waals surface area contributed by atoms with Crippen molar-refractivity contribution in [2.45, 2.75) is 31.7 Å². The van der Waals surface area contributed by atoms with E-state index in [1.807, 2.05) is 10.8 Å². The second-order valence-corrected chi connectivity index (χ2v) is 5.25. The first-order valence-electron chi connectivity index (χ1n) is 6.77. The van der Waals surface area contributed by atoms with E-state index < -0.39 is 0 Å². The van der Waals surface area contributed by atoms with Gasteiger partial charge in [-0.3, -0.25) is 4.79 Å². The molecule has 0 saturated heterocycles. The molecular formula is C16H18N2O. The fourth-order valence-electron chi connectivity index (χ4n) is 2.96. The zero-order valence-corrected chi connectivity index (χ0v) is 10.9. The molecule has 1 aliphatic carbocycles. The van der Waals surface area contributed by atoms with Crippen LogP contribution in [-0.2, 0) is 13.0 Å². The van der Waals surface area contributed by atoms with Crippen LogP contribution >= 0.6 is 0 Å². The van der Waals surface area contributed by atoms with Crippen LogP contribution in [0.1, 0.15) is 29.9 Å². The largest absolute Gasteiger partial charge is 0.394 e. The molecule has 1 atom stereocenters. The van der Waals surface area contributed by atoms with E-state index in [0.717, 1.165) is 6.54 Å². The molecule has 0 aliphatic heterocycles. The number of anilines is 1. The molecule has 1 unspecified atom stereocenters. The third-order valence-corrected chi connectivity index (χ3v) is 3.93. The topological polar surface area (TPSA) is 48.0 Å². The van der Waals surface area contributed by atoms with Gasteiger partial charge >= 0.3 is 0 Å². The van der Waals surface area contributed by atoms with Crippen molar-refractivity contribution in [2.24, 2.45) is 0 Å². The van der Waals surface area contributed by atoms with Crippen LogP contribution in [-0.4, -0.2) is 4.57 Å². The van der Waals surface area contributed by atoms with Gasteiger partial charge in [0.2, 0.25) is 5.43 Å². The summed E-state index contributed by atoms with van der Waals surface area (Å²) < 4.78 is 2.03. The minimum atomic E-state index is -0.0969. The fraction of sp³-hybridized carbons (Fsp3) is 0.312. The predicted molar refractivity (Wildman–Crippen MR) is 77.2 cm³/mol. The number of nitrogens with two attached hydrogens (primary N) is 1. The number of rotatable bonds is 2. The van der Waals surface area contributed by atoms with Crippen molar-refractivity contribution in [1.29, 1.82) is 0 Å². The lowest BCUT2D eigenvalue weighted by Crippen LogP contribution is -2.17. The Bertz CT molecular complexity index is 645. The molecule has 1 aromatic carbocycles. The van der Waals surface area contributed by atoms with E-state index >= 15 is 0 Å². The highest BCUT2D eigenvalue weighted by Gasteiger charge is 2.19. The minimum absolute atomic E-state index is 0.0969. The van der Waals surface area contributed by atoms with E-state index in [0.29, 0.717) is 11.6 Å². The summed E-state index contributed by atoms with van der Waals surface area (Å²) in [5.41, 5.74) is 8.83. The molecule has 1 aromatic heterocycles.